The summed E-state index contributed by atoms with van der Waals surface area (Å²) in [7, 11) is 0. The molecule has 0 amide bonds. The molecule has 0 spiro atoms. The Labute approximate surface area is 117 Å². The average molecular weight is 274 g/mol. The zero-order valence-corrected chi connectivity index (χ0v) is 11.4. The van der Waals surface area contributed by atoms with Crippen LogP contribution in [0.5, 0.6) is 0 Å². The van der Waals surface area contributed by atoms with Gasteiger partial charge in [-0.15, -0.1) is 0 Å². The smallest absolute Gasteiger partial charge is 0.123 e. The number of nitrogens with two attached hydrogens (primary N) is 1. The number of anilines is 1. The second-order valence-corrected chi connectivity index (χ2v) is 4.83. The van der Waals surface area contributed by atoms with Crippen molar-refractivity contribution in [3.8, 4) is 0 Å². The summed E-state index contributed by atoms with van der Waals surface area (Å²) in [5.74, 6) is -0.233. The zero-order valence-electron chi connectivity index (χ0n) is 10.6. The van der Waals surface area contributed by atoms with Gasteiger partial charge in [0.15, 0.2) is 0 Å². The molecule has 98 valence electrons. The number of halogens is 1. The van der Waals surface area contributed by atoms with Crippen molar-refractivity contribution in [1.29, 1.82) is 0 Å². The third kappa shape index (κ3) is 3.51. The molecule has 0 aliphatic rings. The molecule has 0 unspecified atom stereocenters. The maximum absolute atomic E-state index is 12.8. The topological polar surface area (TPSA) is 38.0 Å². The molecular weight excluding hydrogens is 259 g/mol. The Morgan fingerprint density at radius 1 is 1.21 bits per heavy atom. The van der Waals surface area contributed by atoms with Crippen molar-refractivity contribution in [2.75, 3.05) is 5.32 Å². The predicted octanol–water partition coefficient (Wildman–Crippen LogP) is 3.38. The summed E-state index contributed by atoms with van der Waals surface area (Å²) >= 11 is 5.03. The monoisotopic (exact) mass is 274 g/mol. The number of aryl methyl sites for hydroxylation is 1. The van der Waals surface area contributed by atoms with Gasteiger partial charge in [0.05, 0.1) is 0 Å². The minimum atomic E-state index is -0.233. The van der Waals surface area contributed by atoms with Crippen LogP contribution in [-0.2, 0) is 6.54 Å². The number of nitrogens with one attached hydrogen (secondary N) is 1. The lowest BCUT2D eigenvalue weighted by Crippen LogP contribution is -2.13. The molecule has 3 N–H and O–H groups in total. The molecule has 0 saturated carbocycles. The van der Waals surface area contributed by atoms with Crippen LogP contribution < -0.4 is 11.1 Å². The van der Waals surface area contributed by atoms with Crippen LogP contribution in [0.4, 0.5) is 10.1 Å². The molecule has 2 aromatic carbocycles. The Balaban J connectivity index is 2.16. The van der Waals surface area contributed by atoms with Gasteiger partial charge in [0.25, 0.3) is 0 Å². The molecule has 0 aliphatic carbocycles. The molecule has 0 saturated heterocycles. The molecule has 19 heavy (non-hydrogen) atoms. The number of benzene rings is 2. The maximum atomic E-state index is 12.8. The van der Waals surface area contributed by atoms with Crippen LogP contribution in [-0.4, -0.2) is 4.99 Å². The summed E-state index contributed by atoms with van der Waals surface area (Å²) in [6.45, 7) is 2.60. The van der Waals surface area contributed by atoms with Gasteiger partial charge >= 0.3 is 0 Å². The van der Waals surface area contributed by atoms with Crippen LogP contribution >= 0.6 is 12.2 Å². The first-order valence-corrected chi connectivity index (χ1v) is 6.36. The van der Waals surface area contributed by atoms with Gasteiger partial charge in [-0.05, 0) is 42.3 Å². The quantitative estimate of drug-likeness (QED) is 0.839. The summed E-state index contributed by atoms with van der Waals surface area (Å²) in [6, 6.07) is 12.3. The highest BCUT2D eigenvalue weighted by Crippen LogP contribution is 2.18. The summed E-state index contributed by atoms with van der Waals surface area (Å²) < 4.78 is 12.8. The van der Waals surface area contributed by atoms with Crippen LogP contribution in [0.2, 0.25) is 0 Å². The summed E-state index contributed by atoms with van der Waals surface area (Å²) in [5, 5.41) is 3.28. The van der Waals surface area contributed by atoms with E-state index in [1.54, 1.807) is 12.1 Å². The van der Waals surface area contributed by atoms with Gasteiger partial charge in [-0.1, -0.05) is 30.4 Å². The number of rotatable bonds is 4. The van der Waals surface area contributed by atoms with Gasteiger partial charge in [-0.25, -0.2) is 4.39 Å². The van der Waals surface area contributed by atoms with Crippen molar-refractivity contribution >= 4 is 22.9 Å². The number of hydrogen-bond acceptors (Lipinski definition) is 2. The molecule has 2 aromatic rings. The van der Waals surface area contributed by atoms with Gasteiger partial charge in [-0.3, -0.25) is 0 Å². The molecule has 2 rings (SSSR count). The second-order valence-electron chi connectivity index (χ2n) is 4.39. The molecule has 2 nitrogen and oxygen atoms in total. The van der Waals surface area contributed by atoms with Gasteiger partial charge in [-0.2, -0.15) is 0 Å². The zero-order chi connectivity index (χ0) is 13.8. The highest BCUT2D eigenvalue weighted by atomic mass is 32.1. The summed E-state index contributed by atoms with van der Waals surface area (Å²) in [6.07, 6.45) is 0. The van der Waals surface area contributed by atoms with E-state index >= 15 is 0 Å². The fourth-order valence-electron chi connectivity index (χ4n) is 1.82. The molecule has 0 heterocycles. The van der Waals surface area contributed by atoms with Gasteiger partial charge in [0.1, 0.15) is 10.8 Å². The summed E-state index contributed by atoms with van der Waals surface area (Å²) in [5.41, 5.74) is 9.54. The first-order valence-electron chi connectivity index (χ1n) is 5.95. The summed E-state index contributed by atoms with van der Waals surface area (Å²) in [4.78, 5) is 0.363. The van der Waals surface area contributed by atoms with E-state index in [1.165, 1.54) is 12.1 Å². The Hall–Kier alpha value is -1.94. The van der Waals surface area contributed by atoms with Crippen molar-refractivity contribution in [2.24, 2.45) is 5.73 Å². The fourth-order valence-corrected chi connectivity index (χ4v) is 2.00. The Kier molecular flexibility index (Phi) is 4.12. The molecule has 0 aromatic heterocycles. The first-order chi connectivity index (χ1) is 9.06. The van der Waals surface area contributed by atoms with Gasteiger partial charge in [0, 0.05) is 17.8 Å². The molecule has 0 fully saturated rings. The van der Waals surface area contributed by atoms with E-state index in [0.717, 1.165) is 22.4 Å². The first kappa shape index (κ1) is 13.5. The molecule has 0 aliphatic heterocycles. The molecule has 0 atom stereocenters. The largest absolute Gasteiger partial charge is 0.389 e. The molecular formula is C15H15FN2S. The van der Waals surface area contributed by atoms with Crippen molar-refractivity contribution in [3.63, 3.8) is 0 Å². The van der Waals surface area contributed by atoms with E-state index in [0.29, 0.717) is 11.5 Å². The van der Waals surface area contributed by atoms with E-state index in [9.17, 15) is 4.39 Å². The standard InChI is InChI=1S/C15H15FN2S/c1-10-2-7-13(15(17)19)14(8-10)18-9-11-3-5-12(16)6-4-11/h2-8,18H,9H2,1H3,(H2,17,19). The fraction of sp³-hybridized carbons (Fsp3) is 0.133. The van der Waals surface area contributed by atoms with E-state index in [4.69, 9.17) is 18.0 Å². The van der Waals surface area contributed by atoms with E-state index in [-0.39, 0.29) is 5.82 Å². The lowest BCUT2D eigenvalue weighted by molar-refractivity contribution is 0.627. The number of hydrogen-bond donors (Lipinski definition) is 2. The van der Waals surface area contributed by atoms with Crippen molar-refractivity contribution in [3.05, 3.63) is 65.0 Å². The Morgan fingerprint density at radius 2 is 1.89 bits per heavy atom. The predicted molar refractivity (Wildman–Crippen MR) is 80.8 cm³/mol. The van der Waals surface area contributed by atoms with E-state index < -0.39 is 0 Å². The van der Waals surface area contributed by atoms with Crippen LogP contribution in [0.3, 0.4) is 0 Å². The highest BCUT2D eigenvalue weighted by Gasteiger charge is 2.05. The normalized spacial score (nSPS) is 10.2. The minimum absolute atomic E-state index is 0.233. The third-order valence-corrected chi connectivity index (χ3v) is 3.06. The third-order valence-electron chi connectivity index (χ3n) is 2.84. The van der Waals surface area contributed by atoms with Crippen LogP contribution in [0.15, 0.2) is 42.5 Å². The van der Waals surface area contributed by atoms with Crippen molar-refractivity contribution in [2.45, 2.75) is 13.5 Å². The van der Waals surface area contributed by atoms with Crippen molar-refractivity contribution in [1.82, 2.24) is 0 Å². The van der Waals surface area contributed by atoms with Gasteiger partial charge in [0.2, 0.25) is 0 Å². The lowest BCUT2D eigenvalue weighted by Gasteiger charge is -2.12. The van der Waals surface area contributed by atoms with E-state index in [1.807, 2.05) is 25.1 Å². The lowest BCUT2D eigenvalue weighted by atomic mass is 10.1. The van der Waals surface area contributed by atoms with Crippen LogP contribution in [0.1, 0.15) is 16.7 Å². The molecule has 4 heteroatoms. The maximum Gasteiger partial charge on any atom is 0.123 e. The minimum Gasteiger partial charge on any atom is -0.389 e. The van der Waals surface area contributed by atoms with Crippen molar-refractivity contribution < 1.29 is 4.39 Å². The second kappa shape index (κ2) is 5.80. The molecule has 0 bridgehead atoms. The van der Waals surface area contributed by atoms with Crippen LogP contribution in [0, 0.1) is 12.7 Å². The highest BCUT2D eigenvalue weighted by molar-refractivity contribution is 7.80. The Bertz CT molecular complexity index is 594. The average Bonchev–Trinajstić information content (AvgIpc) is 2.38. The number of thiocarbonyl (C=S) groups is 1. The van der Waals surface area contributed by atoms with Crippen LogP contribution in [0.25, 0.3) is 0 Å². The SMILES string of the molecule is Cc1ccc(C(N)=S)c(NCc2ccc(F)cc2)c1. The van der Waals surface area contributed by atoms with E-state index in [2.05, 4.69) is 5.32 Å². The van der Waals surface area contributed by atoms with Gasteiger partial charge < -0.3 is 11.1 Å². The molecule has 0 radical (unpaired) electrons. The Morgan fingerprint density at radius 3 is 2.53 bits per heavy atom.